The molecule has 0 atom stereocenters. The summed E-state index contributed by atoms with van der Waals surface area (Å²) in [6, 6.07) is 0. The molecule has 7 heavy (non-hydrogen) atoms. The fourth-order valence-corrected chi connectivity index (χ4v) is 0. The highest BCUT2D eigenvalue weighted by Crippen LogP contribution is 1.73. The van der Waals surface area contributed by atoms with Gasteiger partial charge in [0.15, 0.2) is 17.4 Å². The van der Waals surface area contributed by atoms with Crippen LogP contribution in [0.4, 0.5) is 0 Å². The largest absolute Gasteiger partial charge is 0.211 e. The third-order valence-corrected chi connectivity index (χ3v) is 1.50. The van der Waals surface area contributed by atoms with Crippen LogP contribution >= 0.6 is 24.8 Å². The maximum atomic E-state index is 2.22. The molecule has 0 aliphatic rings. The summed E-state index contributed by atoms with van der Waals surface area (Å²) < 4.78 is 0. The van der Waals surface area contributed by atoms with Crippen LogP contribution in [0.3, 0.4) is 0 Å². The van der Waals surface area contributed by atoms with E-state index in [4.69, 9.17) is 0 Å². The van der Waals surface area contributed by atoms with E-state index in [-0.39, 0.29) is 42.2 Å². The van der Waals surface area contributed by atoms with Crippen LogP contribution < -0.4 is 0 Å². The van der Waals surface area contributed by atoms with Gasteiger partial charge < -0.3 is 0 Å². The normalized spacial score (nSPS) is 4.14. The summed E-state index contributed by atoms with van der Waals surface area (Å²) in [4.78, 5) is 0. The van der Waals surface area contributed by atoms with E-state index in [1.807, 2.05) is 0 Å². The number of hydrogen-bond acceptors (Lipinski definition) is 0. The Labute approximate surface area is 76.8 Å². The Hall–Kier alpha value is 1.64. The van der Waals surface area contributed by atoms with Gasteiger partial charge in [0.05, 0.1) is 0 Å². The first-order valence-electron chi connectivity index (χ1n) is 1.91. The van der Waals surface area contributed by atoms with E-state index in [1.165, 1.54) is 28.0 Å². The van der Waals surface area contributed by atoms with Crippen molar-refractivity contribution < 1.29 is 0 Å². The molecule has 0 aromatic heterocycles. The summed E-state index contributed by atoms with van der Waals surface area (Å²) in [6.45, 7) is 2.22. The minimum atomic E-state index is 0. The lowest BCUT2D eigenvalue weighted by atomic mass is 10.6. The molecule has 0 spiro atoms. The van der Waals surface area contributed by atoms with Gasteiger partial charge in [-0.05, 0) is 0 Å². The van der Waals surface area contributed by atoms with Gasteiger partial charge in [-0.2, -0.15) is 0 Å². The summed E-state index contributed by atoms with van der Waals surface area (Å²) in [6.07, 6.45) is 1.38. The Morgan fingerprint density at radius 3 is 1.43 bits per heavy atom. The number of rotatable bonds is 1. The predicted octanol–water partition coefficient (Wildman–Crippen LogP) is 0.107. The SMILES string of the molecule is CC[CH2][AlH2].Cl.Cl.[AlH3]. The summed E-state index contributed by atoms with van der Waals surface area (Å²) >= 11 is 1.39. The van der Waals surface area contributed by atoms with Crippen LogP contribution in [0.5, 0.6) is 0 Å². The van der Waals surface area contributed by atoms with Gasteiger partial charge in [0.25, 0.3) is 0 Å². The fourth-order valence-electron chi connectivity index (χ4n) is 0. The highest BCUT2D eigenvalue weighted by Gasteiger charge is 1.58. The smallest absolute Gasteiger partial charge is 0.147 e. The first-order chi connectivity index (χ1) is 1.91. The Morgan fingerprint density at radius 2 is 1.43 bits per heavy atom. The number of halogens is 2. The summed E-state index contributed by atoms with van der Waals surface area (Å²) in [7, 11) is 0. The van der Waals surface area contributed by atoms with Crippen molar-refractivity contribution >= 4 is 58.5 Å². The molecule has 0 fully saturated rings. The lowest BCUT2D eigenvalue weighted by Gasteiger charge is -1.66. The van der Waals surface area contributed by atoms with Crippen LogP contribution in [0.25, 0.3) is 0 Å². The van der Waals surface area contributed by atoms with Gasteiger partial charge in [0.2, 0.25) is 16.3 Å². The molecule has 0 aromatic rings. The van der Waals surface area contributed by atoms with Crippen molar-refractivity contribution in [2.45, 2.75) is 18.6 Å². The van der Waals surface area contributed by atoms with Crippen LogP contribution in [-0.4, -0.2) is 33.7 Å². The molecule has 0 saturated carbocycles. The molecule has 0 N–H and O–H groups in total. The Balaban J connectivity index is -0.0000000150. The number of hydrogen-bond donors (Lipinski definition) is 0. The standard InChI is InChI=1S/C3H7.2Al.2ClH.5H/c1-3-2;;;;;;;;;/h1,3H2,2H3;;;2*1H;;;;;. The van der Waals surface area contributed by atoms with Crippen molar-refractivity contribution in [1.29, 1.82) is 0 Å². The third-order valence-electron chi connectivity index (χ3n) is 0.500. The first-order valence-corrected chi connectivity index (χ1v) is 3.33. The lowest BCUT2D eigenvalue weighted by Crippen LogP contribution is -1.55. The van der Waals surface area contributed by atoms with E-state index < -0.39 is 0 Å². The Morgan fingerprint density at radius 1 is 1.29 bits per heavy atom. The highest BCUT2D eigenvalue weighted by molar-refractivity contribution is 6.08. The van der Waals surface area contributed by atoms with Crippen LogP contribution in [0.1, 0.15) is 13.3 Å². The van der Waals surface area contributed by atoms with Gasteiger partial charge in [-0.3, -0.25) is 0 Å². The first kappa shape index (κ1) is 23.4. The molecule has 0 aliphatic carbocycles. The minimum Gasteiger partial charge on any atom is -0.147 e. The second-order valence-corrected chi connectivity index (χ2v) is 2.00. The molecule has 0 radical (unpaired) electrons. The molecule has 0 aromatic carbocycles. The van der Waals surface area contributed by atoms with Crippen molar-refractivity contribution in [1.82, 2.24) is 0 Å². The Bertz CT molecular complexity index is 12.9. The van der Waals surface area contributed by atoms with Crippen molar-refractivity contribution in [3.8, 4) is 0 Å². The zero-order valence-corrected chi connectivity index (χ0v) is 7.86. The van der Waals surface area contributed by atoms with Gasteiger partial charge in [-0.15, -0.1) is 30.1 Å². The van der Waals surface area contributed by atoms with E-state index in [0.29, 0.717) is 0 Å². The van der Waals surface area contributed by atoms with Crippen molar-refractivity contribution in [2.75, 3.05) is 0 Å². The molecule has 0 unspecified atom stereocenters. The Kier molecular flexibility index (Phi) is 85.0. The van der Waals surface area contributed by atoms with Gasteiger partial charge in [-0.25, -0.2) is 0 Å². The van der Waals surface area contributed by atoms with Gasteiger partial charge in [0, 0.05) is 0 Å². The molecule has 0 amide bonds. The van der Waals surface area contributed by atoms with E-state index in [9.17, 15) is 0 Å². The predicted molar refractivity (Wildman–Crippen MR) is 48.1 cm³/mol. The van der Waals surface area contributed by atoms with Gasteiger partial charge >= 0.3 is 0 Å². The third kappa shape index (κ3) is 34.8. The van der Waals surface area contributed by atoms with Crippen LogP contribution in [0.15, 0.2) is 0 Å². The fraction of sp³-hybridized carbons (Fsp3) is 1.00. The van der Waals surface area contributed by atoms with Crippen LogP contribution in [0, 0.1) is 0 Å². The lowest BCUT2D eigenvalue weighted by molar-refractivity contribution is 1.08. The average molecular weight is 175 g/mol. The van der Waals surface area contributed by atoms with E-state index >= 15 is 0 Å². The quantitative estimate of drug-likeness (QED) is 0.496. The molecular formula is C3H14Al2Cl2. The van der Waals surface area contributed by atoms with Crippen molar-refractivity contribution in [3.63, 3.8) is 0 Å². The molecule has 4 heteroatoms. The highest BCUT2D eigenvalue weighted by atomic mass is 35.5. The molecule has 0 aliphatic heterocycles. The maximum absolute atomic E-state index is 2.22. The van der Waals surface area contributed by atoms with E-state index in [2.05, 4.69) is 6.92 Å². The molecule has 0 bridgehead atoms. The van der Waals surface area contributed by atoms with Gasteiger partial charge in [-0.1, -0.05) is 13.3 Å². The minimum absolute atomic E-state index is 0. The van der Waals surface area contributed by atoms with Crippen LogP contribution in [0.2, 0.25) is 5.28 Å². The van der Waals surface area contributed by atoms with Crippen LogP contribution in [-0.2, 0) is 0 Å². The molecular weight excluding hydrogens is 161 g/mol. The summed E-state index contributed by atoms with van der Waals surface area (Å²) in [5.74, 6) is 0. The van der Waals surface area contributed by atoms with Crippen molar-refractivity contribution in [2.24, 2.45) is 0 Å². The van der Waals surface area contributed by atoms with Crippen molar-refractivity contribution in [3.05, 3.63) is 0 Å². The monoisotopic (exact) mass is 174 g/mol. The second-order valence-electron chi connectivity index (χ2n) is 1.000. The topological polar surface area (TPSA) is 0 Å². The average Bonchev–Trinajstić information content (AvgIpc) is 1.37. The summed E-state index contributed by atoms with van der Waals surface area (Å²) in [5.41, 5.74) is 0. The molecule has 46 valence electrons. The molecule has 0 saturated heterocycles. The molecule has 0 nitrogen and oxygen atoms in total. The summed E-state index contributed by atoms with van der Waals surface area (Å²) in [5, 5.41) is 1.46. The maximum Gasteiger partial charge on any atom is 0.211 e. The molecule has 0 heterocycles. The zero-order valence-electron chi connectivity index (χ0n) is 4.23. The molecule has 0 rings (SSSR count). The van der Waals surface area contributed by atoms with Gasteiger partial charge in [0.1, 0.15) is 0 Å². The van der Waals surface area contributed by atoms with E-state index in [0.717, 1.165) is 0 Å². The van der Waals surface area contributed by atoms with E-state index in [1.54, 1.807) is 0 Å². The zero-order chi connectivity index (χ0) is 3.41. The second kappa shape index (κ2) is 25.4.